The molecule has 1 aliphatic rings. The van der Waals surface area contributed by atoms with Gasteiger partial charge in [-0.15, -0.1) is 0 Å². The highest BCUT2D eigenvalue weighted by atomic mass is 19.4. The Kier molecular flexibility index (Phi) is 3.97. The van der Waals surface area contributed by atoms with E-state index in [1.54, 1.807) is 31.2 Å². The number of hydrogen-bond acceptors (Lipinski definition) is 3. The minimum Gasteiger partial charge on any atom is -0.335 e. The van der Waals surface area contributed by atoms with Gasteiger partial charge in [0.1, 0.15) is 0 Å². The van der Waals surface area contributed by atoms with Crippen LogP contribution in [0.15, 0.2) is 33.9 Å². The van der Waals surface area contributed by atoms with Crippen molar-refractivity contribution >= 4 is 16.9 Å². The average Bonchev–Trinajstić information content (AvgIpc) is 2.55. The molecule has 0 unspecified atom stereocenters. The van der Waals surface area contributed by atoms with Crippen molar-refractivity contribution in [2.45, 2.75) is 31.5 Å². The molecule has 9 heteroatoms. The van der Waals surface area contributed by atoms with E-state index in [0.29, 0.717) is 11.0 Å². The lowest BCUT2D eigenvalue weighted by molar-refractivity contribution is -0.187. The molecule has 1 N–H and O–H groups in total. The van der Waals surface area contributed by atoms with Gasteiger partial charge in [-0.2, -0.15) is 13.2 Å². The lowest BCUT2D eigenvalue weighted by Gasteiger charge is -2.41. The molecule has 1 aliphatic heterocycles. The Hall–Kier alpha value is -2.58. The lowest BCUT2D eigenvalue weighted by atomic mass is 9.88. The summed E-state index contributed by atoms with van der Waals surface area (Å²) in [5, 5.41) is 0. The predicted octanol–water partition coefficient (Wildman–Crippen LogP) is 1.59. The summed E-state index contributed by atoms with van der Waals surface area (Å²) in [4.78, 5) is 39.0. The van der Waals surface area contributed by atoms with Crippen LogP contribution in [0.5, 0.6) is 0 Å². The molecule has 1 aromatic heterocycles. The second-order valence-electron chi connectivity index (χ2n) is 6.40. The molecular weight excluding hydrogens is 339 g/mol. The predicted molar refractivity (Wildman–Crippen MR) is 84.3 cm³/mol. The number of carbonyl (C=O) groups excluding carboxylic acids is 1. The number of benzene rings is 1. The first-order chi connectivity index (χ1) is 11.6. The minimum atomic E-state index is -4.92. The smallest absolute Gasteiger partial charge is 0.335 e. The van der Waals surface area contributed by atoms with Crippen molar-refractivity contribution in [2.24, 2.45) is 0 Å². The normalized spacial score (nSPS) is 17.7. The van der Waals surface area contributed by atoms with Crippen LogP contribution >= 0.6 is 0 Å². The fourth-order valence-electron chi connectivity index (χ4n) is 3.29. The highest BCUT2D eigenvalue weighted by Crippen LogP contribution is 2.32. The van der Waals surface area contributed by atoms with E-state index in [1.165, 1.54) is 4.57 Å². The maximum Gasteiger partial charge on any atom is 0.471 e. The Morgan fingerprint density at radius 2 is 1.76 bits per heavy atom. The summed E-state index contributed by atoms with van der Waals surface area (Å²) in [5.41, 5.74) is -1.41. The largest absolute Gasteiger partial charge is 0.471 e. The van der Waals surface area contributed by atoms with E-state index in [4.69, 9.17) is 0 Å². The number of piperidine rings is 1. The highest BCUT2D eigenvalue weighted by Gasteiger charge is 2.45. The Morgan fingerprint density at radius 1 is 1.16 bits per heavy atom. The Bertz CT molecular complexity index is 937. The van der Waals surface area contributed by atoms with Crippen LogP contribution in [0.3, 0.4) is 0 Å². The van der Waals surface area contributed by atoms with E-state index in [-0.39, 0.29) is 25.9 Å². The van der Waals surface area contributed by atoms with Crippen LogP contribution in [-0.4, -0.2) is 39.6 Å². The molecule has 6 nitrogen and oxygen atoms in total. The van der Waals surface area contributed by atoms with Crippen LogP contribution in [0.4, 0.5) is 13.2 Å². The average molecular weight is 355 g/mol. The number of aromatic nitrogens is 2. The maximum atomic E-state index is 12.6. The number of rotatable bonds is 1. The summed E-state index contributed by atoms with van der Waals surface area (Å²) >= 11 is 0. The van der Waals surface area contributed by atoms with E-state index >= 15 is 0 Å². The van der Waals surface area contributed by atoms with Crippen LogP contribution in [0.25, 0.3) is 11.0 Å². The van der Waals surface area contributed by atoms with E-state index in [9.17, 15) is 27.6 Å². The summed E-state index contributed by atoms with van der Waals surface area (Å²) in [6, 6.07) is 6.74. The number of aromatic amines is 1. The number of nitrogens with zero attached hydrogens (tertiary/aromatic N) is 2. The summed E-state index contributed by atoms with van der Waals surface area (Å²) in [6.45, 7) is 1.44. The molecule has 0 atom stereocenters. The standard InChI is InChI=1S/C16H16F3N3O3/c1-15(6-8-21(9-7-15)14(25)16(17,18)19)22-11-5-3-2-4-10(11)20-12(23)13(22)24/h2-5H,6-9H2,1H3,(H,20,23). The van der Waals surface area contributed by atoms with Gasteiger partial charge in [-0.1, -0.05) is 12.1 Å². The lowest BCUT2D eigenvalue weighted by Crippen LogP contribution is -2.54. The molecule has 3 rings (SSSR count). The van der Waals surface area contributed by atoms with Crippen LogP contribution in [-0.2, 0) is 10.3 Å². The summed E-state index contributed by atoms with van der Waals surface area (Å²) in [6.07, 6.45) is -4.63. The van der Waals surface area contributed by atoms with Crippen LogP contribution in [0.1, 0.15) is 19.8 Å². The van der Waals surface area contributed by atoms with Gasteiger partial charge in [-0.25, -0.2) is 0 Å². The molecular formula is C16H16F3N3O3. The van der Waals surface area contributed by atoms with Gasteiger partial charge in [-0.05, 0) is 31.9 Å². The van der Waals surface area contributed by atoms with Crippen LogP contribution < -0.4 is 11.1 Å². The highest BCUT2D eigenvalue weighted by molar-refractivity contribution is 5.82. The molecule has 1 saturated heterocycles. The van der Waals surface area contributed by atoms with Gasteiger partial charge in [0.05, 0.1) is 11.0 Å². The molecule has 1 amide bonds. The quantitative estimate of drug-likeness (QED) is 0.790. The van der Waals surface area contributed by atoms with Gasteiger partial charge in [0.15, 0.2) is 0 Å². The molecule has 0 bridgehead atoms. The van der Waals surface area contributed by atoms with Gasteiger partial charge < -0.3 is 9.88 Å². The first-order valence-corrected chi connectivity index (χ1v) is 7.74. The monoisotopic (exact) mass is 355 g/mol. The second kappa shape index (κ2) is 5.75. The van der Waals surface area contributed by atoms with Crippen molar-refractivity contribution in [2.75, 3.05) is 13.1 Å². The number of carbonyl (C=O) groups is 1. The van der Waals surface area contributed by atoms with Crippen molar-refractivity contribution < 1.29 is 18.0 Å². The van der Waals surface area contributed by atoms with Crippen molar-refractivity contribution in [1.29, 1.82) is 0 Å². The van der Waals surface area contributed by atoms with E-state index in [1.807, 2.05) is 0 Å². The first-order valence-electron chi connectivity index (χ1n) is 7.74. The molecule has 0 radical (unpaired) electrons. The van der Waals surface area contributed by atoms with Gasteiger partial charge in [0.2, 0.25) is 0 Å². The molecule has 25 heavy (non-hydrogen) atoms. The fraction of sp³-hybridized carbons (Fsp3) is 0.438. The zero-order valence-corrected chi connectivity index (χ0v) is 13.4. The molecule has 2 aromatic rings. The molecule has 2 heterocycles. The second-order valence-corrected chi connectivity index (χ2v) is 6.40. The fourth-order valence-corrected chi connectivity index (χ4v) is 3.29. The number of fused-ring (bicyclic) bond motifs is 1. The van der Waals surface area contributed by atoms with Crippen LogP contribution in [0, 0.1) is 0 Å². The van der Waals surface area contributed by atoms with Gasteiger partial charge in [0, 0.05) is 18.6 Å². The third-order valence-electron chi connectivity index (χ3n) is 4.70. The van der Waals surface area contributed by atoms with Gasteiger partial charge >= 0.3 is 23.2 Å². The number of alkyl halides is 3. The molecule has 134 valence electrons. The van der Waals surface area contributed by atoms with Crippen molar-refractivity contribution in [3.05, 3.63) is 45.0 Å². The zero-order valence-electron chi connectivity index (χ0n) is 13.4. The van der Waals surface area contributed by atoms with Crippen molar-refractivity contribution in [1.82, 2.24) is 14.5 Å². The molecule has 1 fully saturated rings. The van der Waals surface area contributed by atoms with Crippen molar-refractivity contribution in [3.63, 3.8) is 0 Å². The topological polar surface area (TPSA) is 75.2 Å². The first kappa shape index (κ1) is 17.2. The van der Waals surface area contributed by atoms with Crippen molar-refractivity contribution in [3.8, 4) is 0 Å². The Labute approximate surface area is 139 Å². The molecule has 0 spiro atoms. The molecule has 1 aromatic carbocycles. The maximum absolute atomic E-state index is 12.6. The number of hydrogen-bond donors (Lipinski definition) is 1. The summed E-state index contributed by atoms with van der Waals surface area (Å²) in [5.74, 6) is -1.88. The van der Waals surface area contributed by atoms with E-state index in [2.05, 4.69) is 4.98 Å². The number of likely N-dealkylation sites (tertiary alicyclic amines) is 1. The third kappa shape index (κ3) is 2.94. The summed E-state index contributed by atoms with van der Waals surface area (Å²) < 4.78 is 39.1. The SMILES string of the molecule is CC1(n2c(=O)c(=O)[nH]c3ccccc32)CCN(C(=O)C(F)(F)F)CC1. The number of halogens is 3. The van der Waals surface area contributed by atoms with Crippen LogP contribution in [0.2, 0.25) is 0 Å². The van der Waals surface area contributed by atoms with E-state index in [0.717, 1.165) is 4.90 Å². The third-order valence-corrected chi connectivity index (χ3v) is 4.70. The number of nitrogens with one attached hydrogen (secondary N) is 1. The zero-order chi connectivity index (χ0) is 18.4. The minimum absolute atomic E-state index is 0.136. The molecule has 0 aliphatic carbocycles. The number of amides is 1. The molecule has 0 saturated carbocycles. The number of para-hydroxylation sites is 2. The van der Waals surface area contributed by atoms with Gasteiger partial charge in [-0.3, -0.25) is 19.0 Å². The Morgan fingerprint density at radius 3 is 2.36 bits per heavy atom. The summed E-state index contributed by atoms with van der Waals surface area (Å²) in [7, 11) is 0. The van der Waals surface area contributed by atoms with E-state index < -0.39 is 28.7 Å². The number of H-pyrrole nitrogens is 1. The Balaban J connectivity index is 2.00. The van der Waals surface area contributed by atoms with Gasteiger partial charge in [0.25, 0.3) is 0 Å².